The highest BCUT2D eigenvalue weighted by molar-refractivity contribution is 6.02. The molecule has 0 radical (unpaired) electrons. The minimum atomic E-state index is -0.368. The van der Waals surface area contributed by atoms with E-state index >= 15 is 0 Å². The number of hydrazone groups is 1. The normalized spacial score (nSPS) is 19.4. The van der Waals surface area contributed by atoms with Crippen LogP contribution in [0.5, 0.6) is 17.2 Å². The summed E-state index contributed by atoms with van der Waals surface area (Å²) in [6.45, 7) is 2.64. The summed E-state index contributed by atoms with van der Waals surface area (Å²) < 4.78 is 17.6. The quantitative estimate of drug-likeness (QED) is 0.619. The fourth-order valence-electron chi connectivity index (χ4n) is 4.07. The molecular weight excluding hydrogens is 378 g/mol. The third-order valence-electron chi connectivity index (χ3n) is 5.47. The number of pyridine rings is 1. The maximum atomic E-state index is 6.42. The van der Waals surface area contributed by atoms with E-state index < -0.39 is 0 Å². The molecule has 0 aliphatic carbocycles. The van der Waals surface area contributed by atoms with E-state index in [1.54, 1.807) is 13.3 Å². The smallest absolute Gasteiger partial charge is 0.215 e. The molecule has 0 amide bonds. The van der Waals surface area contributed by atoms with Gasteiger partial charge in [-0.2, -0.15) is 5.10 Å². The first-order valence-corrected chi connectivity index (χ1v) is 10.1. The molecule has 152 valence electrons. The number of aromatic nitrogens is 1. The van der Waals surface area contributed by atoms with Crippen molar-refractivity contribution in [2.24, 2.45) is 5.10 Å². The van der Waals surface area contributed by atoms with Crippen LogP contribution in [-0.4, -0.2) is 29.4 Å². The van der Waals surface area contributed by atoms with Crippen LogP contribution in [0.1, 0.15) is 42.3 Å². The molecule has 6 heteroatoms. The molecule has 2 unspecified atom stereocenters. The molecule has 3 aromatic rings. The van der Waals surface area contributed by atoms with E-state index in [0.717, 1.165) is 46.1 Å². The fourth-order valence-corrected chi connectivity index (χ4v) is 4.07. The third-order valence-corrected chi connectivity index (χ3v) is 5.47. The van der Waals surface area contributed by atoms with Crippen molar-refractivity contribution in [2.45, 2.75) is 25.6 Å². The number of fused-ring (bicyclic) bond motifs is 3. The maximum absolute atomic E-state index is 6.42. The van der Waals surface area contributed by atoms with Crippen molar-refractivity contribution in [1.29, 1.82) is 0 Å². The Labute approximate surface area is 175 Å². The van der Waals surface area contributed by atoms with Gasteiger partial charge in [-0.3, -0.25) is 4.98 Å². The van der Waals surface area contributed by atoms with Crippen LogP contribution in [-0.2, 0) is 0 Å². The Hall–Kier alpha value is -3.54. The van der Waals surface area contributed by atoms with Gasteiger partial charge in [0.1, 0.15) is 5.75 Å². The number of rotatable bonds is 5. The van der Waals surface area contributed by atoms with Crippen molar-refractivity contribution < 1.29 is 14.2 Å². The minimum Gasteiger partial charge on any atom is -0.494 e. The van der Waals surface area contributed by atoms with Gasteiger partial charge < -0.3 is 14.2 Å². The molecule has 3 heterocycles. The highest BCUT2D eigenvalue weighted by Crippen LogP contribution is 2.50. The molecular formula is C24H23N3O3. The molecule has 0 fully saturated rings. The number of ether oxygens (including phenoxy) is 3. The monoisotopic (exact) mass is 401 g/mol. The first-order valence-electron chi connectivity index (χ1n) is 10.1. The molecule has 0 N–H and O–H groups in total. The summed E-state index contributed by atoms with van der Waals surface area (Å²) in [5.41, 5.74) is 4.15. The molecule has 0 saturated heterocycles. The largest absolute Gasteiger partial charge is 0.494 e. The van der Waals surface area contributed by atoms with Crippen molar-refractivity contribution in [3.05, 3.63) is 83.7 Å². The number of nitrogens with zero attached hydrogens (tertiary/aromatic N) is 3. The summed E-state index contributed by atoms with van der Waals surface area (Å²) in [5, 5.41) is 7.03. The standard InChI is InChI=1S/C24H23N3O3/c1-3-29-18-11-9-16(10-12-18)20-14-21-19-7-4-8-22(28-2)23(19)30-24(27(21)26-20)17-6-5-13-25-15-17/h4-13,15,21,24H,3,14H2,1-2H3. The van der Waals surface area contributed by atoms with Crippen molar-refractivity contribution in [1.82, 2.24) is 9.99 Å². The Morgan fingerprint density at radius 2 is 1.97 bits per heavy atom. The average molecular weight is 401 g/mol. The number of hydrogen-bond acceptors (Lipinski definition) is 6. The molecule has 30 heavy (non-hydrogen) atoms. The average Bonchev–Trinajstić information content (AvgIpc) is 3.25. The molecule has 6 nitrogen and oxygen atoms in total. The Morgan fingerprint density at radius 3 is 2.70 bits per heavy atom. The number of methoxy groups -OCH3 is 1. The first kappa shape index (κ1) is 18.5. The van der Waals surface area contributed by atoms with Crippen LogP contribution in [0.2, 0.25) is 0 Å². The molecule has 2 aliphatic rings. The van der Waals surface area contributed by atoms with Crippen molar-refractivity contribution in [3.63, 3.8) is 0 Å². The van der Waals surface area contributed by atoms with Gasteiger partial charge in [-0.15, -0.1) is 0 Å². The van der Waals surface area contributed by atoms with Crippen LogP contribution in [0.4, 0.5) is 0 Å². The summed E-state index contributed by atoms with van der Waals surface area (Å²) in [6, 6.07) is 18.1. The van der Waals surface area contributed by atoms with Gasteiger partial charge in [0.2, 0.25) is 6.23 Å². The van der Waals surface area contributed by atoms with Gasteiger partial charge in [-0.1, -0.05) is 18.2 Å². The predicted molar refractivity (Wildman–Crippen MR) is 114 cm³/mol. The van der Waals surface area contributed by atoms with Gasteiger partial charge in [0.05, 0.1) is 25.5 Å². The van der Waals surface area contributed by atoms with Crippen molar-refractivity contribution >= 4 is 5.71 Å². The van der Waals surface area contributed by atoms with Crippen LogP contribution in [0.15, 0.2) is 72.1 Å². The first-order chi connectivity index (χ1) is 14.8. The zero-order valence-corrected chi connectivity index (χ0v) is 17.0. The Balaban J connectivity index is 1.55. The van der Waals surface area contributed by atoms with Gasteiger partial charge in [-0.05, 0) is 48.9 Å². The van der Waals surface area contributed by atoms with Crippen LogP contribution in [0.3, 0.4) is 0 Å². The van der Waals surface area contributed by atoms with Crippen molar-refractivity contribution in [3.8, 4) is 17.2 Å². The van der Waals surface area contributed by atoms with Crippen LogP contribution >= 0.6 is 0 Å². The molecule has 0 spiro atoms. The summed E-state index contributed by atoms with van der Waals surface area (Å²) in [5.74, 6) is 2.37. The van der Waals surface area contributed by atoms with E-state index in [0.29, 0.717) is 6.61 Å². The van der Waals surface area contributed by atoms with Crippen LogP contribution in [0.25, 0.3) is 0 Å². The highest BCUT2D eigenvalue weighted by atomic mass is 16.5. The highest BCUT2D eigenvalue weighted by Gasteiger charge is 2.42. The Kier molecular flexibility index (Phi) is 4.75. The lowest BCUT2D eigenvalue weighted by Gasteiger charge is -2.38. The molecule has 0 saturated carbocycles. The maximum Gasteiger partial charge on any atom is 0.215 e. The molecule has 1 aromatic heterocycles. The molecule has 2 aliphatic heterocycles. The van der Waals surface area contributed by atoms with Gasteiger partial charge >= 0.3 is 0 Å². The second-order valence-electron chi connectivity index (χ2n) is 7.24. The summed E-state index contributed by atoms with van der Waals surface area (Å²) in [4.78, 5) is 4.28. The summed E-state index contributed by atoms with van der Waals surface area (Å²) in [6.07, 6.45) is 4.00. The Bertz CT molecular complexity index is 1070. The van der Waals surface area contributed by atoms with Crippen LogP contribution in [0, 0.1) is 0 Å². The zero-order chi connectivity index (χ0) is 20.5. The number of benzene rings is 2. The van der Waals surface area contributed by atoms with Gasteiger partial charge in [-0.25, -0.2) is 5.01 Å². The second kappa shape index (κ2) is 7.71. The molecule has 2 atom stereocenters. The summed E-state index contributed by atoms with van der Waals surface area (Å²) in [7, 11) is 1.67. The van der Waals surface area contributed by atoms with Crippen LogP contribution < -0.4 is 14.2 Å². The topological polar surface area (TPSA) is 56.2 Å². The SMILES string of the molecule is CCOc1ccc(C2=NN3C(C2)c2cccc(OC)c2OC3c2cccnc2)cc1. The van der Waals surface area contributed by atoms with Gasteiger partial charge in [0.25, 0.3) is 0 Å². The van der Waals surface area contributed by atoms with E-state index in [9.17, 15) is 0 Å². The van der Waals surface area contributed by atoms with Gasteiger partial charge in [0.15, 0.2) is 11.5 Å². The fraction of sp³-hybridized carbons (Fsp3) is 0.250. The Morgan fingerprint density at radius 1 is 1.10 bits per heavy atom. The predicted octanol–water partition coefficient (Wildman–Crippen LogP) is 4.73. The second-order valence-corrected chi connectivity index (χ2v) is 7.24. The number of hydrogen-bond donors (Lipinski definition) is 0. The molecule has 0 bridgehead atoms. The van der Waals surface area contributed by atoms with E-state index in [4.69, 9.17) is 19.3 Å². The zero-order valence-electron chi connectivity index (χ0n) is 17.0. The van der Waals surface area contributed by atoms with E-state index in [1.807, 2.05) is 54.5 Å². The van der Waals surface area contributed by atoms with Crippen molar-refractivity contribution in [2.75, 3.05) is 13.7 Å². The third kappa shape index (κ3) is 3.14. The van der Waals surface area contributed by atoms with Gasteiger partial charge in [0, 0.05) is 29.9 Å². The minimum absolute atomic E-state index is 0.0654. The number of para-hydroxylation sites is 1. The lowest BCUT2D eigenvalue weighted by Crippen LogP contribution is -2.33. The van der Waals surface area contributed by atoms with E-state index in [2.05, 4.69) is 23.2 Å². The molecule has 2 aromatic carbocycles. The summed E-state index contributed by atoms with van der Waals surface area (Å²) >= 11 is 0. The molecule has 5 rings (SSSR count). The lowest BCUT2D eigenvalue weighted by molar-refractivity contribution is -0.0211. The van der Waals surface area contributed by atoms with E-state index in [1.165, 1.54) is 0 Å². The van der Waals surface area contributed by atoms with E-state index in [-0.39, 0.29) is 12.3 Å². The lowest BCUT2D eigenvalue weighted by atomic mass is 9.95.